The third-order valence-corrected chi connectivity index (χ3v) is 2.74. The van der Waals surface area contributed by atoms with Crippen molar-refractivity contribution in [2.45, 2.75) is 12.8 Å². The van der Waals surface area contributed by atoms with Gasteiger partial charge >= 0.3 is 5.69 Å². The SMILES string of the molecule is O=[N+]([O-])c1cccnc1OCC1CCOCC1. The van der Waals surface area contributed by atoms with Gasteiger partial charge in [-0.3, -0.25) is 10.1 Å². The highest BCUT2D eigenvalue weighted by atomic mass is 16.6. The normalized spacial score (nSPS) is 16.7. The molecule has 0 aliphatic carbocycles. The van der Waals surface area contributed by atoms with Crippen LogP contribution in [-0.4, -0.2) is 29.7 Å². The largest absolute Gasteiger partial charge is 0.473 e. The number of nitrogens with zero attached hydrogens (tertiary/aromatic N) is 2. The van der Waals surface area contributed by atoms with E-state index in [9.17, 15) is 10.1 Å². The molecule has 1 aromatic rings. The van der Waals surface area contributed by atoms with Gasteiger partial charge in [-0.2, -0.15) is 0 Å². The van der Waals surface area contributed by atoms with Crippen molar-refractivity contribution in [3.05, 3.63) is 28.4 Å². The Kier molecular flexibility index (Phi) is 3.87. The number of rotatable bonds is 4. The number of pyridine rings is 1. The van der Waals surface area contributed by atoms with Gasteiger partial charge < -0.3 is 9.47 Å². The first-order valence-electron chi connectivity index (χ1n) is 5.57. The molecule has 2 rings (SSSR count). The molecule has 17 heavy (non-hydrogen) atoms. The van der Waals surface area contributed by atoms with E-state index in [4.69, 9.17) is 9.47 Å². The summed E-state index contributed by atoms with van der Waals surface area (Å²) >= 11 is 0. The molecular formula is C11H14N2O4. The van der Waals surface area contributed by atoms with Crippen molar-refractivity contribution in [1.82, 2.24) is 4.98 Å². The Bertz CT molecular complexity index is 391. The fourth-order valence-electron chi connectivity index (χ4n) is 1.74. The quantitative estimate of drug-likeness (QED) is 0.590. The molecule has 1 fully saturated rings. The molecule has 0 aromatic carbocycles. The Labute approximate surface area is 98.7 Å². The summed E-state index contributed by atoms with van der Waals surface area (Å²) in [4.78, 5) is 14.1. The second-order valence-electron chi connectivity index (χ2n) is 3.95. The van der Waals surface area contributed by atoms with Gasteiger partial charge in [0.05, 0.1) is 11.5 Å². The van der Waals surface area contributed by atoms with Crippen LogP contribution in [0.15, 0.2) is 18.3 Å². The third kappa shape index (κ3) is 3.13. The summed E-state index contributed by atoms with van der Waals surface area (Å²) in [6.07, 6.45) is 3.35. The number of aromatic nitrogens is 1. The van der Waals surface area contributed by atoms with Gasteiger partial charge in [0.25, 0.3) is 5.88 Å². The van der Waals surface area contributed by atoms with Crippen molar-refractivity contribution in [1.29, 1.82) is 0 Å². The summed E-state index contributed by atoms with van der Waals surface area (Å²) in [5.74, 6) is 0.495. The second-order valence-corrected chi connectivity index (χ2v) is 3.95. The molecule has 0 amide bonds. The zero-order valence-electron chi connectivity index (χ0n) is 9.37. The maximum absolute atomic E-state index is 10.7. The monoisotopic (exact) mass is 238 g/mol. The Hall–Kier alpha value is -1.69. The van der Waals surface area contributed by atoms with Crippen LogP contribution in [0.3, 0.4) is 0 Å². The Morgan fingerprint density at radius 3 is 3.00 bits per heavy atom. The van der Waals surface area contributed by atoms with Crippen LogP contribution in [0.2, 0.25) is 0 Å². The summed E-state index contributed by atoms with van der Waals surface area (Å²) in [6, 6.07) is 2.92. The average molecular weight is 238 g/mol. The highest BCUT2D eigenvalue weighted by molar-refractivity contribution is 5.39. The van der Waals surface area contributed by atoms with Crippen LogP contribution in [-0.2, 0) is 4.74 Å². The molecule has 0 bridgehead atoms. The van der Waals surface area contributed by atoms with E-state index in [0.29, 0.717) is 12.5 Å². The van der Waals surface area contributed by atoms with Crippen LogP contribution in [0.4, 0.5) is 5.69 Å². The van der Waals surface area contributed by atoms with Gasteiger partial charge in [0.1, 0.15) is 0 Å². The topological polar surface area (TPSA) is 74.5 Å². The molecule has 1 aliphatic heterocycles. The van der Waals surface area contributed by atoms with Gasteiger partial charge in [-0.25, -0.2) is 4.98 Å². The average Bonchev–Trinajstić information content (AvgIpc) is 2.38. The maximum Gasteiger partial charge on any atom is 0.330 e. The van der Waals surface area contributed by atoms with Crippen molar-refractivity contribution in [3.8, 4) is 5.88 Å². The van der Waals surface area contributed by atoms with Gasteiger partial charge in [0.15, 0.2) is 0 Å². The van der Waals surface area contributed by atoms with Gasteiger partial charge in [0, 0.05) is 25.5 Å². The zero-order valence-corrected chi connectivity index (χ0v) is 9.37. The number of hydrogen-bond donors (Lipinski definition) is 0. The molecule has 6 nitrogen and oxygen atoms in total. The van der Waals surface area contributed by atoms with Gasteiger partial charge in [0.2, 0.25) is 0 Å². The lowest BCUT2D eigenvalue weighted by Gasteiger charge is -2.21. The van der Waals surface area contributed by atoms with Crippen LogP contribution >= 0.6 is 0 Å². The van der Waals surface area contributed by atoms with Crippen molar-refractivity contribution in [2.75, 3.05) is 19.8 Å². The van der Waals surface area contributed by atoms with Crippen LogP contribution in [0.25, 0.3) is 0 Å². The van der Waals surface area contributed by atoms with Gasteiger partial charge in [-0.1, -0.05) is 0 Å². The van der Waals surface area contributed by atoms with E-state index >= 15 is 0 Å². The molecule has 0 spiro atoms. The molecule has 0 N–H and O–H groups in total. The minimum absolute atomic E-state index is 0.0837. The number of ether oxygens (including phenoxy) is 2. The van der Waals surface area contributed by atoms with E-state index < -0.39 is 4.92 Å². The lowest BCUT2D eigenvalue weighted by molar-refractivity contribution is -0.386. The summed E-state index contributed by atoms with van der Waals surface area (Å²) in [5.41, 5.74) is -0.0837. The first-order valence-corrected chi connectivity index (χ1v) is 5.57. The molecule has 1 aromatic heterocycles. The molecule has 92 valence electrons. The smallest absolute Gasteiger partial charge is 0.330 e. The standard InChI is InChI=1S/C11H14N2O4/c14-13(15)10-2-1-5-12-11(10)17-8-9-3-6-16-7-4-9/h1-2,5,9H,3-4,6-8H2. The minimum Gasteiger partial charge on any atom is -0.473 e. The van der Waals surface area contributed by atoms with Crippen molar-refractivity contribution >= 4 is 5.69 Å². The fourth-order valence-corrected chi connectivity index (χ4v) is 1.74. The fraction of sp³-hybridized carbons (Fsp3) is 0.545. The maximum atomic E-state index is 10.7. The molecule has 2 heterocycles. The van der Waals surface area contributed by atoms with Crippen molar-refractivity contribution in [3.63, 3.8) is 0 Å². The third-order valence-electron chi connectivity index (χ3n) is 2.74. The number of nitro groups is 1. The van der Waals surface area contributed by atoms with Crippen LogP contribution in [0.1, 0.15) is 12.8 Å². The summed E-state index contributed by atoms with van der Waals surface area (Å²) in [5, 5.41) is 10.7. The molecule has 6 heteroatoms. The van der Waals surface area contributed by atoms with E-state index in [0.717, 1.165) is 26.1 Å². The summed E-state index contributed by atoms with van der Waals surface area (Å²) in [6.45, 7) is 1.93. The van der Waals surface area contributed by atoms with Crippen LogP contribution in [0.5, 0.6) is 5.88 Å². The molecule has 0 atom stereocenters. The summed E-state index contributed by atoms with van der Waals surface area (Å²) in [7, 11) is 0. The van der Waals surface area contributed by atoms with Gasteiger partial charge in [-0.05, 0) is 24.8 Å². The van der Waals surface area contributed by atoms with Crippen LogP contribution < -0.4 is 4.74 Å². The first-order chi connectivity index (χ1) is 8.27. The Balaban J connectivity index is 1.96. The van der Waals surface area contributed by atoms with Crippen LogP contribution in [0, 0.1) is 16.0 Å². The highest BCUT2D eigenvalue weighted by Crippen LogP contribution is 2.24. The minimum atomic E-state index is -0.480. The molecular weight excluding hydrogens is 224 g/mol. The van der Waals surface area contributed by atoms with E-state index in [1.807, 2.05) is 0 Å². The lowest BCUT2D eigenvalue weighted by atomic mass is 10.0. The lowest BCUT2D eigenvalue weighted by Crippen LogP contribution is -2.21. The van der Waals surface area contributed by atoms with Crippen molar-refractivity contribution in [2.24, 2.45) is 5.92 Å². The zero-order chi connectivity index (χ0) is 12.1. The van der Waals surface area contributed by atoms with E-state index in [1.165, 1.54) is 18.3 Å². The second kappa shape index (κ2) is 5.58. The number of hydrogen-bond acceptors (Lipinski definition) is 5. The Morgan fingerprint density at radius 1 is 1.53 bits per heavy atom. The van der Waals surface area contributed by atoms with Crippen molar-refractivity contribution < 1.29 is 14.4 Å². The Morgan fingerprint density at radius 2 is 2.29 bits per heavy atom. The molecule has 0 saturated carbocycles. The van der Waals surface area contributed by atoms with E-state index in [-0.39, 0.29) is 11.6 Å². The predicted molar refractivity (Wildman–Crippen MR) is 59.9 cm³/mol. The van der Waals surface area contributed by atoms with Gasteiger partial charge in [-0.15, -0.1) is 0 Å². The molecule has 0 radical (unpaired) electrons. The predicted octanol–water partition coefficient (Wildman–Crippen LogP) is 1.80. The van der Waals surface area contributed by atoms with E-state index in [1.54, 1.807) is 0 Å². The highest BCUT2D eigenvalue weighted by Gasteiger charge is 2.19. The molecule has 1 aliphatic rings. The molecule has 1 saturated heterocycles. The summed E-state index contributed by atoms with van der Waals surface area (Å²) < 4.78 is 10.7. The first kappa shape index (κ1) is 11.8. The van der Waals surface area contributed by atoms with E-state index in [2.05, 4.69) is 4.98 Å². The molecule has 0 unspecified atom stereocenters.